The Labute approximate surface area is 152 Å². The Kier molecular flexibility index (Phi) is 5.76. The van der Waals surface area contributed by atoms with E-state index in [1.807, 2.05) is 60.3 Å². The average Bonchev–Trinajstić information content (AvgIpc) is 2.62. The van der Waals surface area contributed by atoms with E-state index in [1.165, 1.54) is 11.8 Å². The van der Waals surface area contributed by atoms with Crippen LogP contribution in [-0.2, 0) is 16.0 Å². The molecule has 1 heterocycles. The number of para-hydroxylation sites is 1. The largest absolute Gasteiger partial charge is 0.360 e. The lowest BCUT2D eigenvalue weighted by Crippen LogP contribution is -2.47. The van der Waals surface area contributed by atoms with Gasteiger partial charge in [-0.3, -0.25) is 9.59 Å². The summed E-state index contributed by atoms with van der Waals surface area (Å²) < 4.78 is 0. The lowest BCUT2D eigenvalue weighted by molar-refractivity contribution is -0.126. The number of anilines is 1. The lowest BCUT2D eigenvalue weighted by atomic mass is 10.0. The topological polar surface area (TPSA) is 49.4 Å². The average molecular weight is 354 g/mol. The second kappa shape index (κ2) is 8.21. The van der Waals surface area contributed by atoms with Crippen LogP contribution >= 0.6 is 11.8 Å². The molecule has 1 N–H and O–H groups in total. The van der Waals surface area contributed by atoms with Gasteiger partial charge in [-0.1, -0.05) is 42.5 Å². The van der Waals surface area contributed by atoms with Gasteiger partial charge in [-0.05, 0) is 31.0 Å². The second-order valence-electron chi connectivity index (χ2n) is 6.16. The molecule has 25 heavy (non-hydrogen) atoms. The van der Waals surface area contributed by atoms with Crippen LogP contribution in [0.15, 0.2) is 59.5 Å². The fourth-order valence-corrected chi connectivity index (χ4v) is 4.00. The molecule has 1 amide bonds. The highest BCUT2D eigenvalue weighted by Crippen LogP contribution is 2.33. The van der Waals surface area contributed by atoms with E-state index in [-0.39, 0.29) is 18.2 Å². The molecular formula is C20H22N2O2S. The highest BCUT2D eigenvalue weighted by atomic mass is 32.2. The standard InChI is InChI=1S/C20H22N2O2S/c1-15(23)17(13-16-7-3-2-4-8-16)21-20(24)14-22-11-12-25-19-10-6-5-9-18(19)22/h2-10,17H,11-14H2,1H3,(H,21,24)/t17-/m1/s1. The zero-order valence-electron chi connectivity index (χ0n) is 14.3. The number of benzene rings is 2. The van der Waals surface area contributed by atoms with Crippen LogP contribution in [0.4, 0.5) is 5.69 Å². The van der Waals surface area contributed by atoms with Crippen LogP contribution in [0.5, 0.6) is 0 Å². The first-order chi connectivity index (χ1) is 12.1. The summed E-state index contributed by atoms with van der Waals surface area (Å²) in [6, 6.07) is 17.4. The van der Waals surface area contributed by atoms with Gasteiger partial charge in [-0.2, -0.15) is 0 Å². The number of Topliss-reactive ketones (excluding diaryl/α,β-unsaturated/α-hetero) is 1. The Hall–Kier alpha value is -2.27. The van der Waals surface area contributed by atoms with E-state index in [9.17, 15) is 9.59 Å². The number of rotatable bonds is 6. The van der Waals surface area contributed by atoms with Crippen molar-refractivity contribution in [3.8, 4) is 0 Å². The molecule has 130 valence electrons. The monoisotopic (exact) mass is 354 g/mol. The number of ketones is 1. The third-order valence-corrected chi connectivity index (χ3v) is 5.31. The molecular weight excluding hydrogens is 332 g/mol. The number of nitrogens with one attached hydrogen (secondary N) is 1. The summed E-state index contributed by atoms with van der Waals surface area (Å²) in [6.45, 7) is 2.63. The van der Waals surface area contributed by atoms with E-state index in [1.54, 1.807) is 0 Å². The highest BCUT2D eigenvalue weighted by Gasteiger charge is 2.22. The van der Waals surface area contributed by atoms with Crippen molar-refractivity contribution in [3.63, 3.8) is 0 Å². The highest BCUT2D eigenvalue weighted by molar-refractivity contribution is 7.99. The zero-order chi connectivity index (χ0) is 17.6. The van der Waals surface area contributed by atoms with Gasteiger partial charge >= 0.3 is 0 Å². The van der Waals surface area contributed by atoms with Crippen molar-refractivity contribution in [2.45, 2.75) is 24.3 Å². The Bertz CT molecular complexity index is 748. The smallest absolute Gasteiger partial charge is 0.240 e. The summed E-state index contributed by atoms with van der Waals surface area (Å²) in [5.74, 6) is 0.828. The van der Waals surface area contributed by atoms with E-state index in [4.69, 9.17) is 0 Å². The van der Waals surface area contributed by atoms with Crippen LogP contribution in [0.2, 0.25) is 0 Å². The molecule has 5 heteroatoms. The first-order valence-corrected chi connectivity index (χ1v) is 9.42. The van der Waals surface area contributed by atoms with Crippen LogP contribution in [0.3, 0.4) is 0 Å². The normalized spacial score (nSPS) is 14.5. The van der Waals surface area contributed by atoms with Crippen LogP contribution in [-0.4, -0.2) is 36.6 Å². The number of amides is 1. The van der Waals surface area contributed by atoms with Gasteiger partial charge in [-0.15, -0.1) is 11.8 Å². The van der Waals surface area contributed by atoms with Crippen LogP contribution in [0, 0.1) is 0 Å². The van der Waals surface area contributed by atoms with Crippen LogP contribution in [0.25, 0.3) is 0 Å². The predicted molar refractivity (Wildman–Crippen MR) is 102 cm³/mol. The Morgan fingerprint density at radius 3 is 2.60 bits per heavy atom. The molecule has 2 aromatic rings. The molecule has 2 aromatic carbocycles. The van der Waals surface area contributed by atoms with Gasteiger partial charge in [-0.25, -0.2) is 0 Å². The van der Waals surface area contributed by atoms with Crippen molar-refractivity contribution >= 4 is 29.1 Å². The minimum absolute atomic E-state index is 0.0215. The lowest BCUT2D eigenvalue weighted by Gasteiger charge is -2.30. The van der Waals surface area contributed by atoms with Crippen molar-refractivity contribution in [1.82, 2.24) is 5.32 Å². The molecule has 0 radical (unpaired) electrons. The molecule has 1 atom stereocenters. The molecule has 1 aliphatic rings. The second-order valence-corrected chi connectivity index (χ2v) is 7.29. The quantitative estimate of drug-likeness (QED) is 0.867. The van der Waals surface area contributed by atoms with E-state index < -0.39 is 6.04 Å². The molecule has 3 rings (SSSR count). The van der Waals surface area contributed by atoms with Gasteiger partial charge in [0.15, 0.2) is 5.78 Å². The summed E-state index contributed by atoms with van der Waals surface area (Å²) in [5, 5.41) is 2.91. The van der Waals surface area contributed by atoms with E-state index >= 15 is 0 Å². The number of fused-ring (bicyclic) bond motifs is 1. The molecule has 0 fully saturated rings. The van der Waals surface area contributed by atoms with Crippen LogP contribution < -0.4 is 10.2 Å². The van der Waals surface area contributed by atoms with Gasteiger partial charge < -0.3 is 10.2 Å². The Balaban J connectivity index is 1.64. The van der Waals surface area contributed by atoms with Crippen molar-refractivity contribution in [2.24, 2.45) is 0 Å². The number of thioether (sulfide) groups is 1. The molecule has 0 aliphatic carbocycles. The molecule has 0 bridgehead atoms. The Morgan fingerprint density at radius 1 is 1.12 bits per heavy atom. The maximum Gasteiger partial charge on any atom is 0.240 e. The fraction of sp³-hybridized carbons (Fsp3) is 0.300. The summed E-state index contributed by atoms with van der Waals surface area (Å²) >= 11 is 1.81. The van der Waals surface area contributed by atoms with Crippen molar-refractivity contribution in [2.75, 3.05) is 23.7 Å². The maximum absolute atomic E-state index is 12.5. The summed E-state index contributed by atoms with van der Waals surface area (Å²) in [6.07, 6.45) is 0.522. The predicted octanol–water partition coefficient (Wildman–Crippen LogP) is 2.92. The number of nitrogens with zero attached hydrogens (tertiary/aromatic N) is 1. The molecule has 0 spiro atoms. The summed E-state index contributed by atoms with van der Waals surface area (Å²) in [7, 11) is 0. The van der Waals surface area contributed by atoms with Crippen LogP contribution in [0.1, 0.15) is 12.5 Å². The molecule has 0 saturated heterocycles. The molecule has 0 unspecified atom stereocenters. The Morgan fingerprint density at radius 2 is 1.84 bits per heavy atom. The third kappa shape index (κ3) is 4.63. The van der Waals surface area contributed by atoms with E-state index in [0.717, 1.165) is 23.5 Å². The minimum atomic E-state index is -0.482. The van der Waals surface area contributed by atoms with Gasteiger partial charge in [0.05, 0.1) is 18.3 Å². The molecule has 0 aromatic heterocycles. The number of carbonyl (C=O) groups is 2. The third-order valence-electron chi connectivity index (χ3n) is 4.27. The van der Waals surface area contributed by atoms with Crippen molar-refractivity contribution in [3.05, 3.63) is 60.2 Å². The van der Waals surface area contributed by atoms with Crippen molar-refractivity contribution in [1.29, 1.82) is 0 Å². The summed E-state index contributed by atoms with van der Waals surface area (Å²) in [5.41, 5.74) is 2.14. The fourth-order valence-electron chi connectivity index (χ4n) is 2.95. The molecule has 0 saturated carbocycles. The van der Waals surface area contributed by atoms with Gasteiger partial charge in [0.25, 0.3) is 0 Å². The number of hydrogen-bond acceptors (Lipinski definition) is 4. The first-order valence-electron chi connectivity index (χ1n) is 8.44. The first kappa shape index (κ1) is 17.5. The molecule has 4 nitrogen and oxygen atoms in total. The maximum atomic E-state index is 12.5. The van der Waals surface area contributed by atoms with Gasteiger partial charge in [0.1, 0.15) is 0 Å². The zero-order valence-corrected chi connectivity index (χ0v) is 15.1. The molecule has 1 aliphatic heterocycles. The van der Waals surface area contributed by atoms with Gasteiger partial charge in [0, 0.05) is 17.2 Å². The van der Waals surface area contributed by atoms with E-state index in [2.05, 4.69) is 16.3 Å². The number of carbonyl (C=O) groups excluding carboxylic acids is 2. The van der Waals surface area contributed by atoms with E-state index in [0.29, 0.717) is 6.42 Å². The SMILES string of the molecule is CC(=O)[C@@H](Cc1ccccc1)NC(=O)CN1CCSc2ccccc21. The summed E-state index contributed by atoms with van der Waals surface area (Å²) in [4.78, 5) is 27.7. The number of hydrogen-bond donors (Lipinski definition) is 1. The van der Waals surface area contributed by atoms with Gasteiger partial charge in [0.2, 0.25) is 5.91 Å². The van der Waals surface area contributed by atoms with Crippen molar-refractivity contribution < 1.29 is 9.59 Å². The minimum Gasteiger partial charge on any atom is -0.360 e.